The number of halogens is 1. The van der Waals surface area contributed by atoms with Gasteiger partial charge in [-0.25, -0.2) is 0 Å². The molecule has 0 aliphatic rings. The van der Waals surface area contributed by atoms with Crippen molar-refractivity contribution in [1.82, 2.24) is 0 Å². The first kappa shape index (κ1) is 16.9. The van der Waals surface area contributed by atoms with Crippen LogP contribution in [0.15, 0.2) is 48.5 Å². The third-order valence-corrected chi connectivity index (χ3v) is 3.89. The summed E-state index contributed by atoms with van der Waals surface area (Å²) in [5, 5.41) is 0.750. The van der Waals surface area contributed by atoms with Gasteiger partial charge in [0.2, 0.25) is 0 Å². The first-order valence-corrected chi connectivity index (χ1v) is 8.14. The quantitative estimate of drug-likeness (QED) is 0.806. The fourth-order valence-electron chi connectivity index (χ4n) is 2.41. The lowest BCUT2D eigenvalue weighted by molar-refractivity contribution is 0.268. The second-order valence-corrected chi connectivity index (χ2v) is 6.44. The number of para-hydroxylation sites is 1. The lowest BCUT2D eigenvalue weighted by Crippen LogP contribution is -2.16. The SMILES string of the molecule is CC(C)COc1ccccc1CC(CN)c1ccc(Cl)cc1. The molecule has 2 N–H and O–H groups in total. The van der Waals surface area contributed by atoms with E-state index in [1.807, 2.05) is 30.3 Å². The molecule has 0 saturated heterocycles. The molecular formula is C19H24ClNO. The highest BCUT2D eigenvalue weighted by Crippen LogP contribution is 2.27. The Morgan fingerprint density at radius 2 is 1.73 bits per heavy atom. The van der Waals surface area contributed by atoms with Gasteiger partial charge in [-0.05, 0) is 48.2 Å². The molecule has 22 heavy (non-hydrogen) atoms. The van der Waals surface area contributed by atoms with Crippen molar-refractivity contribution in [2.75, 3.05) is 13.2 Å². The molecule has 2 rings (SSSR count). The fraction of sp³-hybridized carbons (Fsp3) is 0.368. The Kier molecular flexibility index (Phi) is 6.29. The van der Waals surface area contributed by atoms with Gasteiger partial charge in [0.25, 0.3) is 0 Å². The molecule has 2 aromatic carbocycles. The Morgan fingerprint density at radius 3 is 2.36 bits per heavy atom. The molecule has 0 fully saturated rings. The van der Waals surface area contributed by atoms with Crippen molar-refractivity contribution < 1.29 is 4.74 Å². The summed E-state index contributed by atoms with van der Waals surface area (Å²) in [6.45, 7) is 5.63. The van der Waals surface area contributed by atoms with Crippen molar-refractivity contribution in [3.05, 3.63) is 64.7 Å². The zero-order valence-electron chi connectivity index (χ0n) is 13.3. The summed E-state index contributed by atoms with van der Waals surface area (Å²) in [7, 11) is 0. The maximum atomic E-state index is 5.99. The second kappa shape index (κ2) is 8.21. The molecule has 0 saturated carbocycles. The van der Waals surface area contributed by atoms with Crippen LogP contribution in [0.2, 0.25) is 5.02 Å². The third kappa shape index (κ3) is 4.75. The van der Waals surface area contributed by atoms with Crippen molar-refractivity contribution in [1.29, 1.82) is 0 Å². The smallest absolute Gasteiger partial charge is 0.122 e. The maximum Gasteiger partial charge on any atom is 0.122 e. The van der Waals surface area contributed by atoms with Gasteiger partial charge in [-0.3, -0.25) is 0 Å². The van der Waals surface area contributed by atoms with E-state index in [4.69, 9.17) is 22.1 Å². The molecule has 118 valence electrons. The molecule has 0 aliphatic carbocycles. The Bertz CT molecular complexity index is 580. The van der Waals surface area contributed by atoms with Gasteiger partial charge in [0.05, 0.1) is 6.61 Å². The molecule has 3 heteroatoms. The lowest BCUT2D eigenvalue weighted by Gasteiger charge is -2.18. The molecule has 0 heterocycles. The predicted molar refractivity (Wildman–Crippen MR) is 93.7 cm³/mol. The molecule has 1 unspecified atom stereocenters. The standard InChI is InChI=1S/C19H24ClNO/c1-14(2)13-22-19-6-4-3-5-16(19)11-17(12-21)15-7-9-18(20)10-8-15/h3-10,14,17H,11-13,21H2,1-2H3. The minimum Gasteiger partial charge on any atom is -0.493 e. The van der Waals surface area contributed by atoms with Gasteiger partial charge in [-0.15, -0.1) is 0 Å². The van der Waals surface area contributed by atoms with Crippen LogP contribution in [-0.4, -0.2) is 13.2 Å². The molecule has 0 bridgehead atoms. The van der Waals surface area contributed by atoms with Gasteiger partial charge in [0.1, 0.15) is 5.75 Å². The average molecular weight is 318 g/mol. The van der Waals surface area contributed by atoms with E-state index in [2.05, 4.69) is 32.0 Å². The molecule has 2 aromatic rings. The van der Waals surface area contributed by atoms with E-state index in [0.29, 0.717) is 12.5 Å². The maximum absolute atomic E-state index is 5.99. The van der Waals surface area contributed by atoms with Crippen LogP contribution in [0.25, 0.3) is 0 Å². The van der Waals surface area contributed by atoms with E-state index >= 15 is 0 Å². The number of hydrogen-bond acceptors (Lipinski definition) is 2. The van der Waals surface area contributed by atoms with Crippen molar-refractivity contribution in [3.63, 3.8) is 0 Å². The molecule has 2 nitrogen and oxygen atoms in total. The van der Waals surface area contributed by atoms with Crippen LogP contribution >= 0.6 is 11.6 Å². The number of ether oxygens (including phenoxy) is 1. The summed E-state index contributed by atoms with van der Waals surface area (Å²) < 4.78 is 5.94. The van der Waals surface area contributed by atoms with Crippen LogP contribution in [0.4, 0.5) is 0 Å². The van der Waals surface area contributed by atoms with E-state index in [-0.39, 0.29) is 5.92 Å². The normalized spacial score (nSPS) is 12.4. The minimum absolute atomic E-state index is 0.265. The Labute approximate surface area is 138 Å². The molecule has 0 radical (unpaired) electrons. The molecule has 0 amide bonds. The van der Waals surface area contributed by atoms with Crippen LogP contribution in [0.5, 0.6) is 5.75 Å². The van der Waals surface area contributed by atoms with Crippen LogP contribution in [0.3, 0.4) is 0 Å². The summed E-state index contributed by atoms with van der Waals surface area (Å²) >= 11 is 5.96. The van der Waals surface area contributed by atoms with Crippen molar-refractivity contribution in [3.8, 4) is 5.75 Å². The number of hydrogen-bond donors (Lipinski definition) is 1. The molecule has 1 atom stereocenters. The van der Waals surface area contributed by atoms with Crippen LogP contribution < -0.4 is 10.5 Å². The highest BCUT2D eigenvalue weighted by Gasteiger charge is 2.14. The zero-order chi connectivity index (χ0) is 15.9. The Balaban J connectivity index is 2.15. The minimum atomic E-state index is 0.265. The zero-order valence-corrected chi connectivity index (χ0v) is 14.0. The lowest BCUT2D eigenvalue weighted by atomic mass is 9.92. The van der Waals surface area contributed by atoms with Crippen LogP contribution in [0, 0.1) is 5.92 Å². The first-order chi connectivity index (χ1) is 10.6. The number of nitrogens with two attached hydrogens (primary N) is 1. The summed E-state index contributed by atoms with van der Waals surface area (Å²) in [6, 6.07) is 16.2. The first-order valence-electron chi connectivity index (χ1n) is 7.76. The highest BCUT2D eigenvalue weighted by molar-refractivity contribution is 6.30. The number of benzene rings is 2. The van der Waals surface area contributed by atoms with Gasteiger partial charge < -0.3 is 10.5 Å². The molecule has 0 aromatic heterocycles. The van der Waals surface area contributed by atoms with Crippen molar-refractivity contribution >= 4 is 11.6 Å². The highest BCUT2D eigenvalue weighted by atomic mass is 35.5. The van der Waals surface area contributed by atoms with E-state index in [1.54, 1.807) is 0 Å². The Hall–Kier alpha value is -1.51. The van der Waals surface area contributed by atoms with Crippen LogP contribution in [0.1, 0.15) is 30.9 Å². The molecular weight excluding hydrogens is 294 g/mol. The predicted octanol–water partition coefficient (Wildman–Crippen LogP) is 4.66. The van der Waals surface area contributed by atoms with E-state index in [0.717, 1.165) is 23.8 Å². The molecule has 0 aliphatic heterocycles. The Morgan fingerprint density at radius 1 is 1.05 bits per heavy atom. The van der Waals surface area contributed by atoms with Gasteiger partial charge in [0, 0.05) is 10.9 Å². The largest absolute Gasteiger partial charge is 0.493 e. The molecule has 0 spiro atoms. The van der Waals surface area contributed by atoms with Gasteiger partial charge in [0.15, 0.2) is 0 Å². The summed E-state index contributed by atoms with van der Waals surface area (Å²) in [4.78, 5) is 0. The van der Waals surface area contributed by atoms with Crippen LogP contribution in [-0.2, 0) is 6.42 Å². The summed E-state index contributed by atoms with van der Waals surface area (Å²) in [5.41, 5.74) is 8.40. The fourth-order valence-corrected chi connectivity index (χ4v) is 2.53. The topological polar surface area (TPSA) is 35.2 Å². The average Bonchev–Trinajstić information content (AvgIpc) is 2.52. The summed E-state index contributed by atoms with van der Waals surface area (Å²) in [6.07, 6.45) is 0.867. The third-order valence-electron chi connectivity index (χ3n) is 3.64. The van der Waals surface area contributed by atoms with E-state index in [9.17, 15) is 0 Å². The second-order valence-electron chi connectivity index (χ2n) is 6.00. The van der Waals surface area contributed by atoms with Gasteiger partial charge in [-0.1, -0.05) is 55.8 Å². The van der Waals surface area contributed by atoms with Crippen molar-refractivity contribution in [2.45, 2.75) is 26.2 Å². The monoisotopic (exact) mass is 317 g/mol. The van der Waals surface area contributed by atoms with Gasteiger partial charge in [-0.2, -0.15) is 0 Å². The summed E-state index contributed by atoms with van der Waals surface area (Å²) in [5.74, 6) is 1.74. The van der Waals surface area contributed by atoms with E-state index in [1.165, 1.54) is 11.1 Å². The van der Waals surface area contributed by atoms with Crippen molar-refractivity contribution in [2.24, 2.45) is 11.7 Å². The van der Waals surface area contributed by atoms with Gasteiger partial charge >= 0.3 is 0 Å². The number of rotatable bonds is 7. The van der Waals surface area contributed by atoms with E-state index < -0.39 is 0 Å².